The van der Waals surface area contributed by atoms with E-state index in [1.165, 1.54) is 4.57 Å². The van der Waals surface area contributed by atoms with E-state index in [1.807, 2.05) is 26.1 Å². The molecule has 0 aliphatic carbocycles. The Balaban J connectivity index is 1.60. The molecule has 0 bridgehead atoms. The molecule has 0 saturated carbocycles. The fourth-order valence-electron chi connectivity index (χ4n) is 5.19. The van der Waals surface area contributed by atoms with Gasteiger partial charge in [-0.2, -0.15) is 0 Å². The first-order chi connectivity index (χ1) is 15.1. The minimum atomic E-state index is -2.95. The monoisotopic (exact) mass is 639 g/mol. The second-order valence-corrected chi connectivity index (χ2v) is 11.4. The van der Waals surface area contributed by atoms with Gasteiger partial charge >= 0.3 is 172 Å². The summed E-state index contributed by atoms with van der Waals surface area (Å²) in [5.74, 6) is 0.0330. The van der Waals surface area contributed by atoms with E-state index >= 15 is 4.39 Å². The normalized spacial score (nSPS) is 18.6. The molecule has 4 rings (SSSR count). The molecule has 1 aromatic heterocycles. The van der Waals surface area contributed by atoms with Crippen LogP contribution in [0, 0.1) is 5.82 Å². The Kier molecular flexibility index (Phi) is 6.39. The van der Waals surface area contributed by atoms with Gasteiger partial charge in [0.25, 0.3) is 0 Å². The predicted octanol–water partition coefficient (Wildman–Crippen LogP) is 3.49. The van der Waals surface area contributed by atoms with Crippen molar-refractivity contribution < 1.29 is 22.7 Å². The SMILES string of the molecule is CCc1ccc(C(=O)N2CCC3(CC2)c2c(F)cc([C](F)(F)[Tl])n2CCN3C)cc1OC. The number of carbonyl (C=O) groups excluding carboxylic acids is 1. The molecule has 0 radical (unpaired) electrons. The van der Waals surface area contributed by atoms with E-state index in [2.05, 4.69) is 4.90 Å². The van der Waals surface area contributed by atoms with Gasteiger partial charge in [-0.15, -0.1) is 0 Å². The van der Waals surface area contributed by atoms with Gasteiger partial charge in [0, 0.05) is 0 Å². The minimum Gasteiger partial charge on any atom is -0.496 e. The van der Waals surface area contributed by atoms with E-state index in [9.17, 15) is 13.6 Å². The number of fused-ring (bicyclic) bond motifs is 2. The Bertz CT molecular complexity index is 1030. The van der Waals surface area contributed by atoms with Crippen LogP contribution in [-0.2, 0) is 22.0 Å². The van der Waals surface area contributed by atoms with Crippen LogP contribution in [0.25, 0.3) is 0 Å². The van der Waals surface area contributed by atoms with Crippen molar-refractivity contribution >= 4 is 31.7 Å². The fourth-order valence-corrected chi connectivity index (χ4v) is 6.12. The van der Waals surface area contributed by atoms with E-state index in [1.54, 1.807) is 18.1 Å². The molecule has 2 aliphatic rings. The number of alkyl halides is 2. The van der Waals surface area contributed by atoms with Crippen LogP contribution < -0.4 is 4.74 Å². The van der Waals surface area contributed by atoms with Crippen molar-refractivity contribution in [1.82, 2.24) is 14.4 Å². The van der Waals surface area contributed by atoms with E-state index < -0.39 is 40.6 Å². The van der Waals surface area contributed by atoms with Gasteiger partial charge in [-0.05, 0) is 12.0 Å². The summed E-state index contributed by atoms with van der Waals surface area (Å²) in [6.07, 6.45) is 1.80. The maximum atomic E-state index is 15.0. The first-order valence-corrected chi connectivity index (χ1v) is 13.1. The van der Waals surface area contributed by atoms with Crippen molar-refractivity contribution in [3.05, 3.63) is 52.6 Å². The van der Waals surface area contributed by atoms with Gasteiger partial charge in [0.05, 0.1) is 7.11 Å². The number of hydrogen-bond donors (Lipinski definition) is 0. The van der Waals surface area contributed by atoms with Crippen LogP contribution in [0.1, 0.15) is 47.1 Å². The van der Waals surface area contributed by atoms with Crippen LogP contribution in [0.4, 0.5) is 13.2 Å². The molecule has 1 saturated heterocycles. The Labute approximate surface area is 202 Å². The average Bonchev–Trinajstić information content (AvgIpc) is 3.13. The number of amides is 1. The van der Waals surface area contributed by atoms with Crippen molar-refractivity contribution in [2.45, 2.75) is 41.8 Å². The molecule has 3 heterocycles. The first-order valence-electron chi connectivity index (χ1n) is 10.9. The fraction of sp³-hybridized carbons (Fsp3) is 0.522. The zero-order valence-corrected chi connectivity index (χ0v) is 23.1. The molecular weight excluding hydrogens is 612 g/mol. The second-order valence-electron chi connectivity index (χ2n) is 8.63. The Morgan fingerprint density at radius 3 is 2.47 bits per heavy atom. The number of nitrogens with zero attached hydrogens (tertiary/aromatic N) is 3. The number of carbonyl (C=O) groups is 1. The first kappa shape index (κ1) is 23.6. The van der Waals surface area contributed by atoms with Crippen molar-refractivity contribution in [2.75, 3.05) is 33.8 Å². The Morgan fingerprint density at radius 2 is 1.88 bits per heavy atom. The quantitative estimate of drug-likeness (QED) is 0.482. The number of rotatable bonds is 4. The number of likely N-dealkylation sites (N-methyl/N-ethyl adjacent to an activating group) is 1. The summed E-state index contributed by atoms with van der Waals surface area (Å²) in [6.45, 7) is 3.81. The Hall–Kier alpha value is -1.56. The van der Waals surface area contributed by atoms with Crippen LogP contribution >= 0.6 is 0 Å². The molecule has 1 amide bonds. The van der Waals surface area contributed by atoms with Gasteiger partial charge in [-0.3, -0.25) is 0 Å². The van der Waals surface area contributed by atoms with E-state index in [4.69, 9.17) is 4.74 Å². The summed E-state index contributed by atoms with van der Waals surface area (Å²) in [6, 6.07) is 6.51. The number of aryl methyl sites for hydroxylation is 1. The smallest absolute Gasteiger partial charge is 0.496 e. The van der Waals surface area contributed by atoms with Gasteiger partial charge in [0.2, 0.25) is 0 Å². The van der Waals surface area contributed by atoms with Crippen LogP contribution in [0.3, 0.4) is 0 Å². The molecule has 5 nitrogen and oxygen atoms in total. The summed E-state index contributed by atoms with van der Waals surface area (Å²) < 4.78 is 47.4. The summed E-state index contributed by atoms with van der Waals surface area (Å²) >= 11 is -0.600. The molecule has 9 heteroatoms. The molecule has 170 valence electrons. The van der Waals surface area contributed by atoms with Crippen LogP contribution in [-0.4, -0.2) is 79.8 Å². The van der Waals surface area contributed by atoms with Crippen molar-refractivity contribution in [1.29, 1.82) is 0 Å². The van der Waals surface area contributed by atoms with Gasteiger partial charge in [0.1, 0.15) is 0 Å². The predicted molar refractivity (Wildman–Crippen MR) is 116 cm³/mol. The number of ether oxygens (including phenoxy) is 1. The topological polar surface area (TPSA) is 37.7 Å². The van der Waals surface area contributed by atoms with E-state index in [0.717, 1.165) is 18.1 Å². The van der Waals surface area contributed by atoms with Crippen LogP contribution in [0.2, 0.25) is 0 Å². The number of piperidine rings is 1. The molecule has 1 fully saturated rings. The van der Waals surface area contributed by atoms with Crippen molar-refractivity contribution in [3.8, 4) is 5.75 Å². The minimum absolute atomic E-state index is 0.0944. The molecule has 32 heavy (non-hydrogen) atoms. The molecule has 2 aliphatic heterocycles. The molecule has 1 aromatic carbocycles. The summed E-state index contributed by atoms with van der Waals surface area (Å²) in [7, 11) is 3.51. The summed E-state index contributed by atoms with van der Waals surface area (Å²) in [4.78, 5) is 17.0. The zero-order valence-electron chi connectivity index (χ0n) is 18.6. The molecule has 0 atom stereocenters. The van der Waals surface area contributed by atoms with Gasteiger partial charge in [-0.25, -0.2) is 0 Å². The van der Waals surface area contributed by atoms with Crippen LogP contribution in [0.5, 0.6) is 5.75 Å². The number of aromatic nitrogens is 1. The van der Waals surface area contributed by atoms with Crippen LogP contribution in [0.15, 0.2) is 24.3 Å². The number of hydrogen-bond acceptors (Lipinski definition) is 3. The third kappa shape index (κ3) is 3.87. The van der Waals surface area contributed by atoms with Gasteiger partial charge < -0.3 is 4.74 Å². The second kappa shape index (κ2) is 8.66. The number of benzene rings is 1. The van der Waals surface area contributed by atoms with E-state index in [-0.39, 0.29) is 11.6 Å². The number of halogens is 3. The molecule has 1 spiro atoms. The molecule has 0 N–H and O–H groups in total. The van der Waals surface area contributed by atoms with E-state index in [0.29, 0.717) is 56.0 Å². The van der Waals surface area contributed by atoms with Crippen molar-refractivity contribution in [3.63, 3.8) is 0 Å². The van der Waals surface area contributed by atoms with Crippen molar-refractivity contribution in [2.24, 2.45) is 0 Å². The Morgan fingerprint density at radius 1 is 1.19 bits per heavy atom. The van der Waals surface area contributed by atoms with Gasteiger partial charge in [0.15, 0.2) is 0 Å². The van der Waals surface area contributed by atoms with Gasteiger partial charge in [-0.1, -0.05) is 6.92 Å². The third-order valence-corrected chi connectivity index (χ3v) is 8.16. The molecule has 2 aromatic rings. The summed E-state index contributed by atoms with van der Waals surface area (Å²) in [5, 5.41) is 0. The molecule has 0 unspecified atom stereocenters. The third-order valence-electron chi connectivity index (χ3n) is 7.02. The standard InChI is InChI=1S/C23H27F3N3O2.Tl/c1-4-15-5-6-16(13-19(15)31-3)22(30)28-9-7-23(8-10-28)20-17(24)14-18(21(25)26)29(20)12-11-27(23)2;/h5-6,13-14H,4,7-12H2,1-3H3;. The maximum absolute atomic E-state index is 15.0. The number of likely N-dealkylation sites (tertiary alicyclic amines) is 1. The number of methoxy groups -OCH3 is 1. The zero-order chi connectivity index (χ0) is 23.3. The average molecular weight is 639 g/mol. The summed E-state index contributed by atoms with van der Waals surface area (Å²) in [5.41, 5.74) is 1.05. The molecular formula is C23H27F3N3O2Tl.